The molecule has 1 N–H and O–H groups in total. The summed E-state index contributed by atoms with van der Waals surface area (Å²) in [5.74, 6) is -0.684. The van der Waals surface area contributed by atoms with Gasteiger partial charge in [-0.05, 0) is 31.2 Å². The van der Waals surface area contributed by atoms with E-state index in [1.54, 1.807) is 18.2 Å². The van der Waals surface area contributed by atoms with E-state index in [9.17, 15) is 9.18 Å². The Morgan fingerprint density at radius 3 is 2.75 bits per heavy atom. The zero-order valence-electron chi connectivity index (χ0n) is 11.0. The molecule has 0 aromatic heterocycles. The Hall–Kier alpha value is -2.07. The van der Waals surface area contributed by atoms with E-state index in [4.69, 9.17) is 16.3 Å². The summed E-state index contributed by atoms with van der Waals surface area (Å²) in [5, 5.41) is 2.45. The lowest BCUT2D eigenvalue weighted by Gasteiger charge is -2.11. The maximum atomic E-state index is 13.8. The summed E-state index contributed by atoms with van der Waals surface area (Å²) in [6.45, 7) is 1.86. The maximum absolute atomic E-state index is 13.8. The fourth-order valence-electron chi connectivity index (χ4n) is 1.79. The lowest BCUT2D eigenvalue weighted by atomic mass is 10.1. The summed E-state index contributed by atoms with van der Waals surface area (Å²) < 4.78 is 18.9. The minimum atomic E-state index is -0.658. The fraction of sp³-hybridized carbons (Fsp3) is 0.133. The molecule has 104 valence electrons. The summed E-state index contributed by atoms with van der Waals surface area (Å²) in [6, 6.07) is 9.63. The molecule has 2 rings (SSSR count). The quantitative estimate of drug-likeness (QED) is 0.927. The highest BCUT2D eigenvalue weighted by Crippen LogP contribution is 2.25. The summed E-state index contributed by atoms with van der Waals surface area (Å²) >= 11 is 5.68. The van der Waals surface area contributed by atoms with E-state index < -0.39 is 11.7 Å². The van der Waals surface area contributed by atoms with Crippen molar-refractivity contribution in [3.05, 3.63) is 58.4 Å². The second-order valence-electron chi connectivity index (χ2n) is 4.26. The lowest BCUT2D eigenvalue weighted by molar-refractivity contribution is 0.102. The van der Waals surface area contributed by atoms with Crippen molar-refractivity contribution in [2.24, 2.45) is 0 Å². The van der Waals surface area contributed by atoms with Gasteiger partial charge in [-0.15, -0.1) is 0 Å². The molecule has 1 amide bonds. The standard InChI is InChI=1S/C15H13ClFNO2/c1-9-6-7-13(20-2)10(8-9)15(19)18-12-5-3-4-11(16)14(12)17/h3-8H,1-2H3,(H,18,19). The van der Waals surface area contributed by atoms with Gasteiger partial charge < -0.3 is 10.1 Å². The van der Waals surface area contributed by atoms with Crippen LogP contribution >= 0.6 is 11.6 Å². The van der Waals surface area contributed by atoms with Crippen molar-refractivity contribution in [3.8, 4) is 5.75 Å². The van der Waals surface area contributed by atoms with Crippen molar-refractivity contribution >= 4 is 23.2 Å². The van der Waals surface area contributed by atoms with Crippen molar-refractivity contribution in [2.45, 2.75) is 6.92 Å². The first kappa shape index (κ1) is 14.3. The van der Waals surface area contributed by atoms with Gasteiger partial charge in [-0.1, -0.05) is 29.3 Å². The molecule has 0 saturated heterocycles. The summed E-state index contributed by atoms with van der Waals surface area (Å²) in [4.78, 5) is 12.2. The van der Waals surface area contributed by atoms with Crippen molar-refractivity contribution in [2.75, 3.05) is 12.4 Å². The molecule has 0 aliphatic carbocycles. The van der Waals surface area contributed by atoms with Crippen LogP contribution in [0.1, 0.15) is 15.9 Å². The molecule has 0 spiro atoms. The second kappa shape index (κ2) is 5.92. The van der Waals surface area contributed by atoms with Crippen LogP contribution in [0.25, 0.3) is 0 Å². The van der Waals surface area contributed by atoms with Gasteiger partial charge in [-0.25, -0.2) is 4.39 Å². The number of aryl methyl sites for hydroxylation is 1. The van der Waals surface area contributed by atoms with Crippen LogP contribution in [-0.2, 0) is 0 Å². The number of rotatable bonds is 3. The first-order valence-corrected chi connectivity index (χ1v) is 6.30. The predicted molar refractivity (Wildman–Crippen MR) is 77.1 cm³/mol. The van der Waals surface area contributed by atoms with E-state index in [2.05, 4.69) is 5.32 Å². The Morgan fingerprint density at radius 2 is 2.05 bits per heavy atom. The van der Waals surface area contributed by atoms with Crippen molar-refractivity contribution < 1.29 is 13.9 Å². The van der Waals surface area contributed by atoms with E-state index >= 15 is 0 Å². The van der Waals surface area contributed by atoms with Crippen LogP contribution in [-0.4, -0.2) is 13.0 Å². The van der Waals surface area contributed by atoms with Crippen LogP contribution in [0.5, 0.6) is 5.75 Å². The molecular formula is C15H13ClFNO2. The Morgan fingerprint density at radius 1 is 1.30 bits per heavy atom. The van der Waals surface area contributed by atoms with Crippen LogP contribution in [0.15, 0.2) is 36.4 Å². The third-order valence-corrected chi connectivity index (χ3v) is 3.09. The van der Waals surface area contributed by atoms with Crippen LogP contribution in [0.3, 0.4) is 0 Å². The zero-order chi connectivity index (χ0) is 14.7. The molecule has 0 bridgehead atoms. The molecule has 0 atom stereocenters. The van der Waals surface area contributed by atoms with Crippen molar-refractivity contribution in [3.63, 3.8) is 0 Å². The molecule has 20 heavy (non-hydrogen) atoms. The zero-order valence-corrected chi connectivity index (χ0v) is 11.8. The van der Waals surface area contributed by atoms with Crippen molar-refractivity contribution in [1.29, 1.82) is 0 Å². The average Bonchev–Trinajstić information content (AvgIpc) is 2.43. The number of hydrogen-bond acceptors (Lipinski definition) is 2. The highest BCUT2D eigenvalue weighted by atomic mass is 35.5. The summed E-state index contributed by atoms with van der Waals surface area (Å²) in [7, 11) is 1.47. The number of carbonyl (C=O) groups excluding carboxylic acids is 1. The third kappa shape index (κ3) is 2.91. The molecule has 0 radical (unpaired) electrons. The first-order chi connectivity index (χ1) is 9.52. The highest BCUT2D eigenvalue weighted by molar-refractivity contribution is 6.31. The molecule has 0 heterocycles. The largest absolute Gasteiger partial charge is 0.496 e. The Bertz CT molecular complexity index is 658. The summed E-state index contributed by atoms with van der Waals surface area (Å²) in [6.07, 6.45) is 0. The van der Waals surface area contributed by atoms with Crippen LogP contribution < -0.4 is 10.1 Å². The van der Waals surface area contributed by atoms with Gasteiger partial charge in [0.05, 0.1) is 23.4 Å². The smallest absolute Gasteiger partial charge is 0.259 e. The van der Waals surface area contributed by atoms with Gasteiger partial charge in [0.1, 0.15) is 5.75 Å². The van der Waals surface area contributed by atoms with E-state index in [-0.39, 0.29) is 10.7 Å². The first-order valence-electron chi connectivity index (χ1n) is 5.93. The topological polar surface area (TPSA) is 38.3 Å². The Kier molecular flexibility index (Phi) is 4.25. The number of methoxy groups -OCH3 is 1. The average molecular weight is 294 g/mol. The van der Waals surface area contributed by atoms with Gasteiger partial charge in [-0.3, -0.25) is 4.79 Å². The number of amides is 1. The van der Waals surface area contributed by atoms with Crippen LogP contribution in [0.2, 0.25) is 5.02 Å². The van der Waals surface area contributed by atoms with Gasteiger partial charge in [0, 0.05) is 0 Å². The Labute approximate surface area is 121 Å². The minimum absolute atomic E-state index is 0.0334. The number of ether oxygens (including phenoxy) is 1. The fourth-order valence-corrected chi connectivity index (χ4v) is 1.96. The third-order valence-electron chi connectivity index (χ3n) is 2.80. The number of hydrogen-bond donors (Lipinski definition) is 1. The van der Waals surface area contributed by atoms with Crippen LogP contribution in [0.4, 0.5) is 10.1 Å². The second-order valence-corrected chi connectivity index (χ2v) is 4.67. The number of benzene rings is 2. The van der Waals surface area contributed by atoms with Gasteiger partial charge in [-0.2, -0.15) is 0 Å². The Balaban J connectivity index is 2.33. The number of anilines is 1. The summed E-state index contributed by atoms with van der Waals surface area (Å²) in [5.41, 5.74) is 1.28. The maximum Gasteiger partial charge on any atom is 0.259 e. The lowest BCUT2D eigenvalue weighted by Crippen LogP contribution is -2.14. The van der Waals surface area contributed by atoms with E-state index in [0.717, 1.165) is 5.56 Å². The monoisotopic (exact) mass is 293 g/mol. The molecule has 0 saturated carbocycles. The molecule has 2 aromatic carbocycles. The molecule has 3 nitrogen and oxygen atoms in total. The van der Waals surface area contributed by atoms with Gasteiger partial charge >= 0.3 is 0 Å². The molecule has 5 heteroatoms. The number of nitrogens with one attached hydrogen (secondary N) is 1. The number of carbonyl (C=O) groups is 1. The number of halogens is 2. The molecular weight excluding hydrogens is 281 g/mol. The predicted octanol–water partition coefficient (Wildman–Crippen LogP) is 4.05. The normalized spacial score (nSPS) is 10.2. The SMILES string of the molecule is COc1ccc(C)cc1C(=O)Nc1cccc(Cl)c1F. The van der Waals surface area contributed by atoms with E-state index in [0.29, 0.717) is 11.3 Å². The van der Waals surface area contributed by atoms with E-state index in [1.165, 1.54) is 19.2 Å². The highest BCUT2D eigenvalue weighted by Gasteiger charge is 2.15. The molecule has 0 aliphatic rings. The molecule has 0 unspecified atom stereocenters. The molecule has 0 aliphatic heterocycles. The van der Waals surface area contributed by atoms with E-state index in [1.807, 2.05) is 13.0 Å². The van der Waals surface area contributed by atoms with Gasteiger partial charge in [0.15, 0.2) is 5.82 Å². The van der Waals surface area contributed by atoms with Gasteiger partial charge in [0.25, 0.3) is 5.91 Å². The molecule has 2 aromatic rings. The van der Waals surface area contributed by atoms with Gasteiger partial charge in [0.2, 0.25) is 0 Å². The molecule has 0 fully saturated rings. The minimum Gasteiger partial charge on any atom is -0.496 e. The van der Waals surface area contributed by atoms with Crippen molar-refractivity contribution in [1.82, 2.24) is 0 Å². The van der Waals surface area contributed by atoms with Crippen LogP contribution in [0, 0.1) is 12.7 Å².